The molecule has 0 saturated carbocycles. The Bertz CT molecular complexity index is 2720. The first kappa shape index (κ1) is 46.5. The first-order valence-electron chi connectivity index (χ1n) is 21.3. The molecular weight excluding hydrogens is 1020 g/mol. The summed E-state index contributed by atoms with van der Waals surface area (Å²) < 4.78 is 20.2. The van der Waals surface area contributed by atoms with Crippen LogP contribution < -0.4 is 9.58 Å². The van der Waals surface area contributed by atoms with Crippen LogP contribution >= 0.6 is 11.3 Å². The third-order valence-electron chi connectivity index (χ3n) is 11.1. The molecule has 8 aromatic rings. The molecule has 3 heterocycles. The SMILES string of the molecule is CC(C)Cc1cc(-c2[c-]cccc2)nc[c]1[Ge]([CH3])([CH3])[CH3].CC(C)c1cc(-c2ccccc2)cc(C(C)C)c1-n1c(-c2[c-]sc3ccc([Si](C)(C)F)cc23)nc2ccccc21.[Ir]. The van der Waals surface area contributed by atoms with Gasteiger partial charge in [-0.3, -0.25) is 16.3 Å². The van der Waals surface area contributed by atoms with Crippen molar-refractivity contribution < 1.29 is 24.2 Å². The first-order chi connectivity index (χ1) is 28.5. The third-order valence-corrected chi connectivity index (χ3v) is 18.0. The number of hydrogen-bond donors (Lipinski definition) is 0. The molecule has 8 heteroatoms. The quantitative estimate of drug-likeness (QED) is 0.0776. The summed E-state index contributed by atoms with van der Waals surface area (Å²) >= 11 is -0.281. The molecule has 0 aliphatic heterocycles. The molecule has 317 valence electrons. The van der Waals surface area contributed by atoms with E-state index in [1.807, 2.05) is 42.5 Å². The Kier molecular flexibility index (Phi) is 14.6. The van der Waals surface area contributed by atoms with Gasteiger partial charge >= 0.3 is 126 Å². The van der Waals surface area contributed by atoms with Gasteiger partial charge in [-0.15, -0.1) is 11.5 Å². The zero-order chi connectivity index (χ0) is 42.9. The Morgan fingerprint density at radius 1 is 0.770 bits per heavy atom. The third kappa shape index (κ3) is 10.3. The van der Waals surface area contributed by atoms with Crippen LogP contribution in [0.2, 0.25) is 30.4 Å². The minimum atomic E-state index is -2.98. The number of thiophene rings is 1. The zero-order valence-corrected chi connectivity index (χ0v) is 43.8. The molecule has 0 aliphatic rings. The van der Waals surface area contributed by atoms with E-state index in [2.05, 4.69) is 154 Å². The molecule has 0 aliphatic carbocycles. The van der Waals surface area contributed by atoms with E-state index in [9.17, 15) is 0 Å². The number of benzene rings is 5. The largest absolute Gasteiger partial charge is 0.333 e. The van der Waals surface area contributed by atoms with Crippen LogP contribution in [0.3, 0.4) is 0 Å². The second-order valence-corrected chi connectivity index (χ2v) is 33.5. The van der Waals surface area contributed by atoms with E-state index in [-0.39, 0.29) is 20.1 Å². The van der Waals surface area contributed by atoms with Crippen molar-refractivity contribution in [2.75, 3.05) is 0 Å². The smallest absolute Gasteiger partial charge is 0.270 e. The van der Waals surface area contributed by atoms with Gasteiger partial charge in [-0.2, -0.15) is 0 Å². The Morgan fingerprint density at radius 3 is 2.03 bits per heavy atom. The first-order valence-corrected chi connectivity index (χ1v) is 32.4. The summed E-state index contributed by atoms with van der Waals surface area (Å²) in [5.74, 6) is 9.43. The van der Waals surface area contributed by atoms with Crippen LogP contribution in [0, 0.1) is 17.4 Å². The molecule has 8 rings (SSSR count). The van der Waals surface area contributed by atoms with Crippen LogP contribution in [-0.4, -0.2) is 36.2 Å². The second kappa shape index (κ2) is 19.2. The molecule has 0 atom stereocenters. The fourth-order valence-corrected chi connectivity index (χ4v) is 13.2. The molecule has 5 aromatic carbocycles. The van der Waals surface area contributed by atoms with Crippen LogP contribution in [0.1, 0.15) is 70.1 Å². The molecule has 0 saturated heterocycles. The van der Waals surface area contributed by atoms with E-state index in [1.165, 1.54) is 33.5 Å². The minimum Gasteiger partial charge on any atom is -0.333 e. The van der Waals surface area contributed by atoms with Gasteiger partial charge < -0.3 is 8.67 Å². The molecule has 0 spiro atoms. The number of hydrogen-bond acceptors (Lipinski definition) is 3. The number of imidazole rings is 1. The number of fused-ring (bicyclic) bond motifs is 2. The summed E-state index contributed by atoms with van der Waals surface area (Å²) in [5, 5.41) is 5.39. The molecule has 0 unspecified atom stereocenters. The van der Waals surface area contributed by atoms with Gasteiger partial charge in [-0.1, -0.05) is 97.9 Å². The number of rotatable bonds is 10. The van der Waals surface area contributed by atoms with Crippen molar-refractivity contribution >= 4 is 63.7 Å². The van der Waals surface area contributed by atoms with Crippen LogP contribution in [-0.2, 0) is 26.5 Å². The van der Waals surface area contributed by atoms with Gasteiger partial charge in [0.05, 0.1) is 16.9 Å². The summed E-state index contributed by atoms with van der Waals surface area (Å²) in [6.45, 7) is 17.1. The average Bonchev–Trinajstić information content (AvgIpc) is 3.81. The maximum atomic E-state index is 15.2. The summed E-state index contributed by atoms with van der Waals surface area (Å²) in [7, 11) is -2.98. The van der Waals surface area contributed by atoms with Gasteiger partial charge in [-0.05, 0) is 76.6 Å². The minimum absolute atomic E-state index is 0. The number of para-hydroxylation sites is 2. The topological polar surface area (TPSA) is 30.7 Å². The number of halogens is 1. The molecule has 0 bridgehead atoms. The van der Waals surface area contributed by atoms with Gasteiger partial charge in [0, 0.05) is 25.8 Å². The van der Waals surface area contributed by atoms with Crippen LogP contribution in [0.5, 0.6) is 0 Å². The van der Waals surface area contributed by atoms with Crippen molar-refractivity contribution in [2.24, 2.45) is 5.92 Å². The van der Waals surface area contributed by atoms with Gasteiger partial charge in [0.15, 0.2) is 0 Å². The standard InChI is InChI=1S/C35H34FN2SSi.C18H24GeN.Ir/c1-22(2)27-18-25(24-12-8-7-9-13-24)19-28(23(3)4)34(27)38-32-15-11-10-14-31(32)37-35(38)30-21-39-33-17-16-26(20-29(30)33)40(5,6)36;1-14(2)11-16-12-18(15-9-7-6-8-10-15)20-13-17(16)19(3,4)5;/h7-20,22-23H,1-6H3;6-9,12-14H,11H2,1-5H3;/q2*-1;. The van der Waals surface area contributed by atoms with E-state index >= 15 is 4.11 Å². The van der Waals surface area contributed by atoms with Gasteiger partial charge in [-0.25, -0.2) is 0 Å². The molecule has 3 nitrogen and oxygen atoms in total. The Morgan fingerprint density at radius 2 is 1.43 bits per heavy atom. The molecule has 0 fully saturated rings. The molecule has 1 radical (unpaired) electrons. The van der Waals surface area contributed by atoms with Crippen molar-refractivity contribution in [3.8, 4) is 39.5 Å². The number of pyridine rings is 1. The van der Waals surface area contributed by atoms with E-state index in [1.54, 1.807) is 28.8 Å². The van der Waals surface area contributed by atoms with Crippen molar-refractivity contribution in [2.45, 2.75) is 90.2 Å². The molecule has 0 N–H and O–H groups in total. The van der Waals surface area contributed by atoms with Gasteiger partial charge in [0.2, 0.25) is 0 Å². The van der Waals surface area contributed by atoms with Crippen molar-refractivity contribution in [3.05, 3.63) is 150 Å². The average molecular weight is 1080 g/mol. The van der Waals surface area contributed by atoms with Gasteiger partial charge in [0.25, 0.3) is 8.41 Å². The van der Waals surface area contributed by atoms with Crippen molar-refractivity contribution in [1.82, 2.24) is 14.5 Å². The summed E-state index contributed by atoms with van der Waals surface area (Å²) in [4.78, 5) is 9.91. The maximum absolute atomic E-state index is 15.2. The zero-order valence-electron chi connectivity index (χ0n) is 37.4. The van der Waals surface area contributed by atoms with E-state index < -0.39 is 21.7 Å². The second-order valence-electron chi connectivity index (χ2n) is 18.6. The molecular formula is C53H58FGeIrN3SSi-2. The van der Waals surface area contributed by atoms with Gasteiger partial charge in [0.1, 0.15) is 0 Å². The van der Waals surface area contributed by atoms with Crippen LogP contribution in [0.25, 0.3) is 60.6 Å². The van der Waals surface area contributed by atoms with E-state index in [0.717, 1.165) is 55.4 Å². The fourth-order valence-electron chi connectivity index (χ4n) is 8.03. The Hall–Kier alpha value is -3.98. The number of nitrogens with zero attached hydrogens (tertiary/aromatic N) is 3. The normalized spacial score (nSPS) is 12.0. The summed E-state index contributed by atoms with van der Waals surface area (Å²) in [5.41, 5.74) is 12.8. The number of aromatic nitrogens is 3. The van der Waals surface area contributed by atoms with Crippen molar-refractivity contribution in [1.29, 1.82) is 0 Å². The predicted octanol–water partition coefficient (Wildman–Crippen LogP) is 14.3. The monoisotopic (exact) mass is 1080 g/mol. The maximum Gasteiger partial charge on any atom is 0.270 e. The Labute approximate surface area is 384 Å². The van der Waals surface area contributed by atoms with Crippen LogP contribution in [0.4, 0.5) is 4.11 Å². The fraction of sp³-hybridized carbons (Fsp3) is 0.283. The van der Waals surface area contributed by atoms with E-state index in [4.69, 9.17) is 9.97 Å². The Balaban J connectivity index is 0.000000250. The molecule has 61 heavy (non-hydrogen) atoms. The van der Waals surface area contributed by atoms with Crippen molar-refractivity contribution in [3.63, 3.8) is 0 Å². The molecule has 3 aromatic heterocycles. The summed E-state index contributed by atoms with van der Waals surface area (Å²) in [6, 6.07) is 43.4. The summed E-state index contributed by atoms with van der Waals surface area (Å²) in [6.07, 6.45) is 3.27. The van der Waals surface area contributed by atoms with Crippen LogP contribution in [0.15, 0.2) is 121 Å². The van der Waals surface area contributed by atoms with E-state index in [0.29, 0.717) is 17.8 Å². The molecule has 0 amide bonds. The predicted molar refractivity (Wildman–Crippen MR) is 263 cm³/mol.